The summed E-state index contributed by atoms with van der Waals surface area (Å²) < 4.78 is 19.4. The predicted octanol–water partition coefficient (Wildman–Crippen LogP) is 3.46. The third-order valence-electron chi connectivity index (χ3n) is 5.22. The summed E-state index contributed by atoms with van der Waals surface area (Å²) in [5, 5.41) is 2.60. The molecule has 0 aliphatic rings. The molecule has 2 aromatic carbocycles. The maximum absolute atomic E-state index is 13.0. The van der Waals surface area contributed by atoms with Crippen LogP contribution < -0.4 is 20.3 Å². The van der Waals surface area contributed by atoms with Gasteiger partial charge in [0, 0.05) is 7.05 Å². The minimum Gasteiger partial charge on any atom is -0.493 e. The fourth-order valence-corrected chi connectivity index (χ4v) is 3.37. The first-order chi connectivity index (χ1) is 16.1. The van der Waals surface area contributed by atoms with Crippen LogP contribution in [-0.4, -0.2) is 40.6 Å². The number of ether oxygens (including phenoxy) is 3. The van der Waals surface area contributed by atoms with Crippen LogP contribution in [0.25, 0.3) is 5.69 Å². The van der Waals surface area contributed by atoms with Crippen molar-refractivity contribution in [2.24, 2.45) is 7.05 Å². The highest BCUT2D eigenvalue weighted by molar-refractivity contribution is 5.97. The second kappa shape index (κ2) is 10.3. The number of amides is 1. The van der Waals surface area contributed by atoms with Crippen LogP contribution in [-0.2, 0) is 16.6 Å². The number of nitrogens with one attached hydrogen (secondary N) is 1. The normalized spacial score (nSPS) is 11.7. The van der Waals surface area contributed by atoms with Gasteiger partial charge in [-0.15, -0.1) is 0 Å². The molecule has 0 saturated heterocycles. The molecule has 1 atom stereocenters. The minimum absolute atomic E-state index is 0.0664. The second-order valence-electron chi connectivity index (χ2n) is 8.01. The average Bonchev–Trinajstić information content (AvgIpc) is 3.02. The zero-order chi connectivity index (χ0) is 25.0. The van der Waals surface area contributed by atoms with E-state index in [1.54, 1.807) is 36.9 Å². The number of methoxy groups -OCH3 is 1. The number of hydrogen-bond donors (Lipinski definition) is 1. The van der Waals surface area contributed by atoms with E-state index < -0.39 is 18.0 Å². The van der Waals surface area contributed by atoms with Crippen molar-refractivity contribution in [3.8, 4) is 17.2 Å². The van der Waals surface area contributed by atoms with Gasteiger partial charge in [-0.3, -0.25) is 14.3 Å². The molecule has 9 nitrogen and oxygen atoms in total. The number of nitrogens with zero attached hydrogens (tertiary/aromatic N) is 2. The van der Waals surface area contributed by atoms with Gasteiger partial charge in [0.05, 0.1) is 30.2 Å². The van der Waals surface area contributed by atoms with Gasteiger partial charge in [-0.2, -0.15) is 0 Å². The molecule has 0 saturated carbocycles. The number of aromatic nitrogens is 2. The number of esters is 1. The van der Waals surface area contributed by atoms with Gasteiger partial charge in [-0.1, -0.05) is 18.2 Å². The molecule has 0 spiro atoms. The van der Waals surface area contributed by atoms with E-state index in [0.717, 1.165) is 0 Å². The summed E-state index contributed by atoms with van der Waals surface area (Å²) in [6, 6.07) is 13.7. The molecule has 0 aliphatic heterocycles. The van der Waals surface area contributed by atoms with Gasteiger partial charge in [-0.25, -0.2) is 9.48 Å². The van der Waals surface area contributed by atoms with Crippen molar-refractivity contribution in [2.45, 2.75) is 39.9 Å². The van der Waals surface area contributed by atoms with Crippen LogP contribution in [0, 0.1) is 6.92 Å². The summed E-state index contributed by atoms with van der Waals surface area (Å²) in [5.74, 6) is -0.453. The molecule has 0 fully saturated rings. The lowest BCUT2D eigenvalue weighted by atomic mass is 10.2. The Kier molecular flexibility index (Phi) is 7.45. The average molecular weight is 468 g/mol. The first kappa shape index (κ1) is 24.6. The Morgan fingerprint density at radius 3 is 2.29 bits per heavy atom. The van der Waals surface area contributed by atoms with Crippen LogP contribution in [0.4, 0.5) is 5.69 Å². The van der Waals surface area contributed by atoms with Crippen molar-refractivity contribution in [1.29, 1.82) is 0 Å². The van der Waals surface area contributed by atoms with Gasteiger partial charge >= 0.3 is 5.97 Å². The third kappa shape index (κ3) is 5.14. The molecule has 3 aromatic rings. The van der Waals surface area contributed by atoms with Gasteiger partial charge in [0.25, 0.3) is 11.5 Å². The smallest absolute Gasteiger partial charge is 0.339 e. The minimum atomic E-state index is -1.14. The SMILES string of the molecule is COc1cc(C(=O)OC(C)C(=O)Nc2c(C)n(C)n(-c3ccccc3)c2=O)ccc1OC(C)C. The van der Waals surface area contributed by atoms with Crippen molar-refractivity contribution >= 4 is 17.6 Å². The maximum Gasteiger partial charge on any atom is 0.339 e. The summed E-state index contributed by atoms with van der Waals surface area (Å²) in [7, 11) is 3.20. The summed E-state index contributed by atoms with van der Waals surface area (Å²) in [6.45, 7) is 6.92. The van der Waals surface area contributed by atoms with Gasteiger partial charge in [-0.05, 0) is 58.0 Å². The highest BCUT2D eigenvalue weighted by atomic mass is 16.5. The molecule has 1 aromatic heterocycles. The molecule has 1 heterocycles. The number of anilines is 1. The molecule has 34 heavy (non-hydrogen) atoms. The maximum atomic E-state index is 13.0. The fraction of sp³-hybridized carbons (Fsp3) is 0.320. The van der Waals surface area contributed by atoms with Gasteiger partial charge in [0.2, 0.25) is 0 Å². The Bertz CT molecular complexity index is 1240. The number of carbonyl (C=O) groups excluding carboxylic acids is 2. The van der Waals surface area contributed by atoms with Crippen molar-refractivity contribution < 1.29 is 23.8 Å². The predicted molar refractivity (Wildman–Crippen MR) is 128 cm³/mol. The summed E-state index contributed by atoms with van der Waals surface area (Å²) >= 11 is 0. The van der Waals surface area contributed by atoms with Gasteiger partial charge in [0.15, 0.2) is 17.6 Å². The number of carbonyl (C=O) groups is 2. The molecular weight excluding hydrogens is 438 g/mol. The Morgan fingerprint density at radius 1 is 1.00 bits per heavy atom. The second-order valence-corrected chi connectivity index (χ2v) is 8.01. The Labute approximate surface area is 197 Å². The number of benzene rings is 2. The van der Waals surface area contributed by atoms with Gasteiger partial charge < -0.3 is 19.5 Å². The van der Waals surface area contributed by atoms with E-state index in [2.05, 4.69) is 5.32 Å². The van der Waals surface area contributed by atoms with Crippen LogP contribution >= 0.6 is 0 Å². The van der Waals surface area contributed by atoms with Crippen LogP contribution in [0.5, 0.6) is 11.5 Å². The first-order valence-electron chi connectivity index (χ1n) is 10.8. The fourth-order valence-electron chi connectivity index (χ4n) is 3.37. The first-order valence-corrected chi connectivity index (χ1v) is 10.8. The molecule has 0 aliphatic carbocycles. The third-order valence-corrected chi connectivity index (χ3v) is 5.22. The number of hydrogen-bond acceptors (Lipinski definition) is 6. The van der Waals surface area contributed by atoms with E-state index in [9.17, 15) is 14.4 Å². The van der Waals surface area contributed by atoms with Crippen molar-refractivity contribution in [3.63, 3.8) is 0 Å². The van der Waals surface area contributed by atoms with Crippen LogP contribution in [0.3, 0.4) is 0 Å². The molecular formula is C25H29N3O6. The van der Waals surface area contributed by atoms with E-state index in [1.807, 2.05) is 32.0 Å². The molecule has 1 unspecified atom stereocenters. The lowest BCUT2D eigenvalue weighted by molar-refractivity contribution is -0.123. The van der Waals surface area contributed by atoms with E-state index >= 15 is 0 Å². The monoisotopic (exact) mass is 467 g/mol. The van der Waals surface area contributed by atoms with E-state index in [1.165, 1.54) is 30.8 Å². The summed E-state index contributed by atoms with van der Waals surface area (Å²) in [4.78, 5) is 38.4. The molecule has 3 rings (SSSR count). The quantitative estimate of drug-likeness (QED) is 0.509. The van der Waals surface area contributed by atoms with Crippen molar-refractivity contribution in [1.82, 2.24) is 9.36 Å². The topological polar surface area (TPSA) is 101 Å². The van der Waals surface area contributed by atoms with Crippen molar-refractivity contribution in [3.05, 3.63) is 70.1 Å². The lowest BCUT2D eigenvalue weighted by Gasteiger charge is -2.16. The Hall–Kier alpha value is -4.01. The molecule has 180 valence electrons. The van der Waals surface area contributed by atoms with Crippen LogP contribution in [0.1, 0.15) is 36.8 Å². The molecule has 0 radical (unpaired) electrons. The zero-order valence-electron chi connectivity index (χ0n) is 20.1. The number of rotatable bonds is 8. The van der Waals surface area contributed by atoms with E-state index in [-0.39, 0.29) is 22.9 Å². The standard InChI is InChI=1S/C25H29N3O6/c1-15(2)33-20-13-12-18(14-21(20)32-6)25(31)34-17(4)23(29)26-22-16(3)27(5)28(24(22)30)19-10-8-7-9-11-19/h7-15,17H,1-6H3,(H,26,29). The lowest BCUT2D eigenvalue weighted by Crippen LogP contribution is -2.32. The Balaban J connectivity index is 1.75. The largest absolute Gasteiger partial charge is 0.493 e. The number of para-hydroxylation sites is 1. The zero-order valence-corrected chi connectivity index (χ0v) is 20.1. The van der Waals surface area contributed by atoms with Crippen LogP contribution in [0.2, 0.25) is 0 Å². The molecule has 0 bridgehead atoms. The Morgan fingerprint density at radius 2 is 1.68 bits per heavy atom. The highest BCUT2D eigenvalue weighted by Gasteiger charge is 2.24. The molecule has 1 amide bonds. The van der Waals surface area contributed by atoms with Crippen molar-refractivity contribution in [2.75, 3.05) is 12.4 Å². The van der Waals surface area contributed by atoms with Crippen LogP contribution in [0.15, 0.2) is 53.3 Å². The van der Waals surface area contributed by atoms with E-state index in [4.69, 9.17) is 14.2 Å². The summed E-state index contributed by atoms with van der Waals surface area (Å²) in [5.41, 5.74) is 1.16. The molecule has 1 N–H and O–H groups in total. The highest BCUT2D eigenvalue weighted by Crippen LogP contribution is 2.29. The van der Waals surface area contributed by atoms with E-state index in [0.29, 0.717) is 22.9 Å². The van der Waals surface area contributed by atoms with Gasteiger partial charge in [0.1, 0.15) is 5.69 Å². The molecule has 9 heteroatoms. The summed E-state index contributed by atoms with van der Waals surface area (Å²) in [6.07, 6.45) is -1.21.